The number of nitro benzene ring substituents is 1. The highest BCUT2D eigenvalue weighted by atomic mass is 16.6. The van der Waals surface area contributed by atoms with Crippen LogP contribution < -0.4 is 5.32 Å². The van der Waals surface area contributed by atoms with E-state index in [0.29, 0.717) is 17.5 Å². The number of nitrogens with one attached hydrogen (secondary N) is 1. The van der Waals surface area contributed by atoms with Gasteiger partial charge in [0.25, 0.3) is 23.5 Å². The molecule has 0 saturated heterocycles. The molecule has 0 bridgehead atoms. The third-order valence-electron chi connectivity index (χ3n) is 5.00. The lowest BCUT2D eigenvalue weighted by Gasteiger charge is -2.13. The molecule has 168 valence electrons. The first kappa shape index (κ1) is 21.7. The van der Waals surface area contributed by atoms with E-state index in [2.05, 4.69) is 20.4 Å². The second-order valence-electron chi connectivity index (χ2n) is 7.55. The van der Waals surface area contributed by atoms with Crippen LogP contribution >= 0.6 is 0 Å². The summed E-state index contributed by atoms with van der Waals surface area (Å²) in [6, 6.07) is 7.32. The van der Waals surface area contributed by atoms with Gasteiger partial charge in [0.05, 0.1) is 16.2 Å². The zero-order valence-electron chi connectivity index (χ0n) is 18.0. The van der Waals surface area contributed by atoms with Crippen LogP contribution in [0.15, 0.2) is 30.3 Å². The van der Waals surface area contributed by atoms with E-state index in [0.717, 1.165) is 16.3 Å². The third-order valence-corrected chi connectivity index (χ3v) is 5.00. The zero-order valence-corrected chi connectivity index (χ0v) is 18.0. The molecule has 12 nitrogen and oxygen atoms in total. The molecule has 1 aliphatic heterocycles. The van der Waals surface area contributed by atoms with Gasteiger partial charge in [0.1, 0.15) is 11.4 Å². The predicted molar refractivity (Wildman–Crippen MR) is 115 cm³/mol. The Balaban J connectivity index is 1.49. The van der Waals surface area contributed by atoms with Gasteiger partial charge in [0.2, 0.25) is 5.91 Å². The van der Waals surface area contributed by atoms with Crippen molar-refractivity contribution >= 4 is 29.2 Å². The number of anilines is 1. The molecule has 1 aliphatic rings. The van der Waals surface area contributed by atoms with Crippen LogP contribution in [0.5, 0.6) is 0 Å². The quantitative estimate of drug-likeness (QED) is 0.341. The van der Waals surface area contributed by atoms with Crippen molar-refractivity contribution in [3.8, 4) is 5.95 Å². The molecule has 0 atom stereocenters. The van der Waals surface area contributed by atoms with Crippen LogP contribution in [0.2, 0.25) is 0 Å². The van der Waals surface area contributed by atoms with Gasteiger partial charge in [0.15, 0.2) is 0 Å². The van der Waals surface area contributed by atoms with Crippen LogP contribution in [-0.4, -0.2) is 53.8 Å². The second kappa shape index (κ2) is 8.22. The number of hydrogen-bond acceptors (Lipinski definition) is 8. The van der Waals surface area contributed by atoms with Crippen LogP contribution in [-0.2, 0) is 4.79 Å². The highest BCUT2D eigenvalue weighted by Gasteiger charge is 2.40. The van der Waals surface area contributed by atoms with Crippen molar-refractivity contribution in [1.29, 1.82) is 0 Å². The lowest BCUT2D eigenvalue weighted by atomic mass is 10.1. The summed E-state index contributed by atoms with van der Waals surface area (Å²) < 4.78 is 1.40. The molecule has 2 aromatic heterocycles. The minimum atomic E-state index is -0.792. The van der Waals surface area contributed by atoms with Gasteiger partial charge in [-0.15, -0.1) is 0 Å². The van der Waals surface area contributed by atoms with Crippen molar-refractivity contribution in [2.24, 2.45) is 0 Å². The van der Waals surface area contributed by atoms with E-state index < -0.39 is 28.3 Å². The van der Waals surface area contributed by atoms with Gasteiger partial charge in [-0.1, -0.05) is 6.07 Å². The summed E-state index contributed by atoms with van der Waals surface area (Å²) in [6.45, 7) is 5.15. The van der Waals surface area contributed by atoms with E-state index in [1.54, 1.807) is 13.0 Å². The molecular weight excluding hydrogens is 430 g/mol. The topological polar surface area (TPSA) is 153 Å². The molecule has 3 amide bonds. The number of nitro groups is 1. The maximum atomic E-state index is 12.6. The predicted octanol–water partition coefficient (Wildman–Crippen LogP) is 2.12. The number of amides is 3. The Bertz CT molecular complexity index is 1310. The van der Waals surface area contributed by atoms with Gasteiger partial charge in [-0.2, -0.15) is 9.78 Å². The average molecular weight is 449 g/mol. The molecule has 4 rings (SSSR count). The Morgan fingerprint density at radius 2 is 1.76 bits per heavy atom. The molecule has 3 heterocycles. The number of aryl methyl sites for hydroxylation is 3. The Hall–Kier alpha value is -4.48. The highest BCUT2D eigenvalue weighted by Crippen LogP contribution is 2.30. The largest absolute Gasteiger partial charge is 0.310 e. The molecule has 0 aliphatic carbocycles. The molecule has 0 radical (unpaired) electrons. The van der Waals surface area contributed by atoms with E-state index in [1.165, 1.54) is 22.9 Å². The second-order valence-corrected chi connectivity index (χ2v) is 7.55. The number of nitrogens with zero attached hydrogens (tertiary/aromatic N) is 6. The van der Waals surface area contributed by atoms with E-state index in [1.807, 2.05) is 19.9 Å². The molecule has 3 aromatic rings. The first-order valence-electron chi connectivity index (χ1n) is 9.98. The van der Waals surface area contributed by atoms with Gasteiger partial charge in [-0.05, 0) is 32.9 Å². The summed E-state index contributed by atoms with van der Waals surface area (Å²) >= 11 is 0. The fourth-order valence-corrected chi connectivity index (χ4v) is 3.63. The summed E-state index contributed by atoms with van der Waals surface area (Å²) in [5, 5.41) is 18.2. The molecule has 1 N–H and O–H groups in total. The number of carbonyl (C=O) groups excluding carboxylic acids is 3. The Kier molecular flexibility index (Phi) is 5.42. The third kappa shape index (κ3) is 4.05. The average Bonchev–Trinajstić information content (AvgIpc) is 3.22. The zero-order chi connectivity index (χ0) is 23.9. The highest BCUT2D eigenvalue weighted by molar-refractivity contribution is 6.23. The molecule has 0 unspecified atom stereocenters. The Labute approximate surface area is 187 Å². The van der Waals surface area contributed by atoms with Gasteiger partial charge >= 0.3 is 0 Å². The molecule has 33 heavy (non-hydrogen) atoms. The summed E-state index contributed by atoms with van der Waals surface area (Å²) in [6.07, 6.45) is -0.211. The van der Waals surface area contributed by atoms with E-state index >= 15 is 0 Å². The van der Waals surface area contributed by atoms with E-state index in [4.69, 9.17) is 0 Å². The fourth-order valence-electron chi connectivity index (χ4n) is 3.63. The minimum Gasteiger partial charge on any atom is -0.310 e. The van der Waals surface area contributed by atoms with E-state index in [-0.39, 0.29) is 24.1 Å². The minimum absolute atomic E-state index is 0.0460. The monoisotopic (exact) mass is 449 g/mol. The molecule has 12 heteroatoms. The molecule has 0 fully saturated rings. The molecule has 0 saturated carbocycles. The number of fused-ring (bicyclic) bond motifs is 1. The van der Waals surface area contributed by atoms with Gasteiger partial charge in [-0.25, -0.2) is 9.97 Å². The summed E-state index contributed by atoms with van der Waals surface area (Å²) in [7, 11) is 0. The number of carbonyl (C=O) groups is 3. The van der Waals surface area contributed by atoms with Gasteiger partial charge in [0, 0.05) is 36.5 Å². The fraction of sp³-hybridized carbons (Fsp3) is 0.238. The summed E-state index contributed by atoms with van der Waals surface area (Å²) in [5.41, 5.74) is 1.36. The number of hydrogen-bond donors (Lipinski definition) is 1. The van der Waals surface area contributed by atoms with Crippen LogP contribution in [0.4, 0.5) is 11.5 Å². The Morgan fingerprint density at radius 1 is 1.06 bits per heavy atom. The first-order chi connectivity index (χ1) is 15.7. The maximum absolute atomic E-state index is 12.6. The number of aromatic nitrogens is 4. The SMILES string of the molecule is Cc1cc(C)nc(-n2nc(C)cc2NC(=O)CCN2C(=O)c3cccc([N+](=O)[O-])c3C2=O)n1. The van der Waals surface area contributed by atoms with E-state index in [9.17, 15) is 24.5 Å². The van der Waals surface area contributed by atoms with Crippen LogP contribution in [0.25, 0.3) is 5.95 Å². The normalized spacial score (nSPS) is 12.8. The van der Waals surface area contributed by atoms with Crippen molar-refractivity contribution in [1.82, 2.24) is 24.6 Å². The standard InChI is InChI=1S/C21H19N7O5/c1-11-9-12(2)23-21(22-11)27-16(10-13(3)25-27)24-17(29)7-8-26-19(30)14-5-4-6-15(28(32)33)18(14)20(26)31/h4-6,9-10H,7-8H2,1-3H3,(H,24,29). The van der Waals surface area contributed by atoms with Crippen LogP contribution in [0, 0.1) is 30.9 Å². The lowest BCUT2D eigenvalue weighted by molar-refractivity contribution is -0.385. The summed E-state index contributed by atoms with van der Waals surface area (Å²) in [5.74, 6) is -1.31. The first-order valence-corrected chi connectivity index (χ1v) is 9.98. The van der Waals surface area contributed by atoms with Gasteiger partial charge in [-0.3, -0.25) is 29.4 Å². The van der Waals surface area contributed by atoms with Crippen molar-refractivity contribution in [2.45, 2.75) is 27.2 Å². The van der Waals surface area contributed by atoms with Crippen LogP contribution in [0.1, 0.15) is 44.2 Å². The Morgan fingerprint density at radius 3 is 2.42 bits per heavy atom. The molecule has 0 spiro atoms. The smallest absolute Gasteiger partial charge is 0.282 e. The van der Waals surface area contributed by atoms with Crippen LogP contribution in [0.3, 0.4) is 0 Å². The van der Waals surface area contributed by atoms with Crippen molar-refractivity contribution in [3.05, 3.63) is 68.7 Å². The lowest BCUT2D eigenvalue weighted by Crippen LogP contribution is -2.33. The molecule has 1 aromatic carbocycles. The number of imide groups is 1. The van der Waals surface area contributed by atoms with Crippen molar-refractivity contribution in [3.63, 3.8) is 0 Å². The summed E-state index contributed by atoms with van der Waals surface area (Å²) in [4.78, 5) is 57.9. The molecular formula is C21H19N7O5. The van der Waals surface area contributed by atoms with Crippen molar-refractivity contribution in [2.75, 3.05) is 11.9 Å². The van der Waals surface area contributed by atoms with Gasteiger partial charge < -0.3 is 5.32 Å². The number of benzene rings is 1. The number of rotatable bonds is 6. The maximum Gasteiger partial charge on any atom is 0.282 e. The van der Waals surface area contributed by atoms with Crippen molar-refractivity contribution < 1.29 is 19.3 Å².